The van der Waals surface area contributed by atoms with Gasteiger partial charge in [0.25, 0.3) is 0 Å². The smallest absolute Gasteiger partial charge is 0.331 e. The van der Waals surface area contributed by atoms with Crippen molar-refractivity contribution in [1.29, 1.82) is 0 Å². The Kier molecular flexibility index (Phi) is 7.62. The third kappa shape index (κ3) is 8.42. The first-order valence-corrected chi connectivity index (χ1v) is 4.21. The molecule has 0 saturated heterocycles. The van der Waals surface area contributed by atoms with E-state index in [9.17, 15) is 4.79 Å². The van der Waals surface area contributed by atoms with Crippen molar-refractivity contribution in [2.45, 2.75) is 19.8 Å². The van der Waals surface area contributed by atoms with E-state index in [1.54, 1.807) is 6.08 Å². The molecule has 0 aromatic heterocycles. The van der Waals surface area contributed by atoms with E-state index in [2.05, 4.69) is 23.5 Å². The molecule has 2 heteroatoms. The maximum absolute atomic E-state index is 10.6. The van der Waals surface area contributed by atoms with Gasteiger partial charge in [0, 0.05) is 6.08 Å². The maximum Gasteiger partial charge on any atom is 0.331 e. The van der Waals surface area contributed by atoms with Gasteiger partial charge in [-0.2, -0.15) is 0 Å². The fraction of sp³-hybridized carbons (Fsp3) is 0.364. The number of carbonyl (C=O) groups is 1. The number of rotatable bonds is 3. The standard InChI is InChI=1S/C11H14O2/c1-3-4-5-6-7-8-9-10-11(12)13-2/h5-6,9-10H,3-4H2,1-2H3. The lowest BCUT2D eigenvalue weighted by Crippen LogP contribution is -1.92. The molecule has 0 aliphatic heterocycles. The Morgan fingerprint density at radius 2 is 2.08 bits per heavy atom. The minimum absolute atomic E-state index is 0.383. The molecule has 0 amide bonds. The van der Waals surface area contributed by atoms with Gasteiger partial charge in [-0.3, -0.25) is 0 Å². The SMILES string of the molecule is CCCC=CC#CC=CC(=O)OC. The van der Waals surface area contributed by atoms with Crippen LogP contribution in [0.5, 0.6) is 0 Å². The van der Waals surface area contributed by atoms with Gasteiger partial charge in [-0.25, -0.2) is 4.79 Å². The minimum atomic E-state index is -0.383. The molecular weight excluding hydrogens is 164 g/mol. The number of esters is 1. The highest BCUT2D eigenvalue weighted by atomic mass is 16.5. The third-order valence-electron chi connectivity index (χ3n) is 1.24. The summed E-state index contributed by atoms with van der Waals surface area (Å²) >= 11 is 0. The van der Waals surface area contributed by atoms with Crippen molar-refractivity contribution >= 4 is 5.97 Å². The van der Waals surface area contributed by atoms with Gasteiger partial charge in [-0.15, -0.1) is 0 Å². The van der Waals surface area contributed by atoms with Crippen LogP contribution in [-0.2, 0) is 9.53 Å². The molecule has 0 radical (unpaired) electrons. The summed E-state index contributed by atoms with van der Waals surface area (Å²) in [5.41, 5.74) is 0. The van der Waals surface area contributed by atoms with Crippen molar-refractivity contribution < 1.29 is 9.53 Å². The van der Waals surface area contributed by atoms with Crippen LogP contribution in [0.1, 0.15) is 19.8 Å². The number of methoxy groups -OCH3 is 1. The molecule has 13 heavy (non-hydrogen) atoms. The molecule has 0 aromatic carbocycles. The van der Waals surface area contributed by atoms with Gasteiger partial charge in [0.05, 0.1) is 7.11 Å². The van der Waals surface area contributed by atoms with Crippen molar-refractivity contribution in [3.63, 3.8) is 0 Å². The first kappa shape index (κ1) is 11.5. The van der Waals surface area contributed by atoms with Crippen LogP contribution in [0.2, 0.25) is 0 Å². The van der Waals surface area contributed by atoms with E-state index < -0.39 is 0 Å². The van der Waals surface area contributed by atoms with E-state index in [0.717, 1.165) is 12.8 Å². The summed E-state index contributed by atoms with van der Waals surface area (Å²) in [5.74, 6) is 5.08. The fourth-order valence-electron chi connectivity index (χ4n) is 0.583. The van der Waals surface area contributed by atoms with E-state index in [4.69, 9.17) is 0 Å². The average Bonchev–Trinajstić information content (AvgIpc) is 2.16. The second kappa shape index (κ2) is 8.61. The van der Waals surface area contributed by atoms with Crippen LogP contribution in [0.3, 0.4) is 0 Å². The zero-order valence-corrected chi connectivity index (χ0v) is 8.04. The summed E-state index contributed by atoms with van der Waals surface area (Å²) in [6, 6.07) is 0. The summed E-state index contributed by atoms with van der Waals surface area (Å²) < 4.78 is 4.38. The van der Waals surface area contributed by atoms with Crippen molar-refractivity contribution in [2.75, 3.05) is 7.11 Å². The van der Waals surface area contributed by atoms with E-state index in [-0.39, 0.29) is 5.97 Å². The van der Waals surface area contributed by atoms with Gasteiger partial charge in [0.2, 0.25) is 0 Å². The molecule has 0 spiro atoms. The molecule has 0 saturated carbocycles. The quantitative estimate of drug-likeness (QED) is 0.375. The molecule has 0 aliphatic carbocycles. The molecule has 2 nitrogen and oxygen atoms in total. The first-order valence-electron chi connectivity index (χ1n) is 4.21. The molecule has 0 atom stereocenters. The number of allylic oxidation sites excluding steroid dienone is 3. The minimum Gasteiger partial charge on any atom is -0.466 e. The Balaban J connectivity index is 3.72. The van der Waals surface area contributed by atoms with Gasteiger partial charge in [0.1, 0.15) is 0 Å². The molecule has 0 fully saturated rings. The monoisotopic (exact) mass is 178 g/mol. The molecule has 0 aliphatic rings. The summed E-state index contributed by atoms with van der Waals surface area (Å²) in [4.78, 5) is 10.6. The number of carbonyl (C=O) groups excluding carboxylic acids is 1. The molecule has 0 N–H and O–H groups in total. The zero-order chi connectivity index (χ0) is 9.94. The van der Waals surface area contributed by atoms with Crippen LogP contribution < -0.4 is 0 Å². The van der Waals surface area contributed by atoms with Crippen LogP contribution in [0, 0.1) is 11.8 Å². The first-order chi connectivity index (χ1) is 6.31. The van der Waals surface area contributed by atoms with Crippen molar-refractivity contribution in [1.82, 2.24) is 0 Å². The summed E-state index contributed by atoms with van der Waals surface area (Å²) in [7, 11) is 1.33. The summed E-state index contributed by atoms with van der Waals surface area (Å²) in [6.07, 6.45) is 8.71. The second-order valence-electron chi connectivity index (χ2n) is 2.34. The Labute approximate surface area is 79.3 Å². The Bertz CT molecular complexity index is 251. The van der Waals surface area contributed by atoms with E-state index in [0.29, 0.717) is 0 Å². The van der Waals surface area contributed by atoms with E-state index in [1.165, 1.54) is 19.3 Å². The van der Waals surface area contributed by atoms with Crippen LogP contribution >= 0.6 is 0 Å². The lowest BCUT2D eigenvalue weighted by atomic mass is 10.3. The second-order valence-corrected chi connectivity index (χ2v) is 2.34. The summed E-state index contributed by atoms with van der Waals surface area (Å²) in [5, 5.41) is 0. The predicted molar refractivity (Wildman–Crippen MR) is 53.0 cm³/mol. The van der Waals surface area contributed by atoms with Gasteiger partial charge in [0.15, 0.2) is 0 Å². The maximum atomic E-state index is 10.6. The van der Waals surface area contributed by atoms with Crippen LogP contribution in [-0.4, -0.2) is 13.1 Å². The molecule has 0 rings (SSSR count). The molecule has 0 unspecified atom stereocenters. The molecular formula is C11H14O2. The molecule has 0 bridgehead atoms. The molecule has 0 heterocycles. The topological polar surface area (TPSA) is 26.3 Å². The van der Waals surface area contributed by atoms with E-state index in [1.807, 2.05) is 6.08 Å². The van der Waals surface area contributed by atoms with E-state index >= 15 is 0 Å². The molecule has 70 valence electrons. The van der Waals surface area contributed by atoms with Crippen molar-refractivity contribution in [3.05, 3.63) is 24.3 Å². The lowest BCUT2D eigenvalue weighted by Gasteiger charge is -1.84. The predicted octanol–water partition coefficient (Wildman–Crippen LogP) is 2.08. The van der Waals surface area contributed by atoms with Gasteiger partial charge < -0.3 is 4.74 Å². The number of hydrogen-bond donors (Lipinski definition) is 0. The highest BCUT2D eigenvalue weighted by Crippen LogP contribution is 1.86. The van der Waals surface area contributed by atoms with Crippen molar-refractivity contribution in [3.8, 4) is 11.8 Å². The zero-order valence-electron chi connectivity index (χ0n) is 8.04. The highest BCUT2D eigenvalue weighted by molar-refractivity contribution is 5.82. The highest BCUT2D eigenvalue weighted by Gasteiger charge is 1.85. The van der Waals surface area contributed by atoms with Crippen LogP contribution in [0.15, 0.2) is 24.3 Å². The normalized spacial score (nSPS) is 10.0. The van der Waals surface area contributed by atoms with Gasteiger partial charge in [-0.05, 0) is 18.6 Å². The van der Waals surface area contributed by atoms with Gasteiger partial charge >= 0.3 is 5.97 Å². The Hall–Kier alpha value is -1.49. The number of hydrogen-bond acceptors (Lipinski definition) is 2. The number of ether oxygens (including phenoxy) is 1. The van der Waals surface area contributed by atoms with Crippen LogP contribution in [0.25, 0.3) is 0 Å². The largest absolute Gasteiger partial charge is 0.466 e. The lowest BCUT2D eigenvalue weighted by molar-refractivity contribution is -0.134. The Morgan fingerprint density at radius 3 is 2.69 bits per heavy atom. The number of unbranched alkanes of at least 4 members (excludes halogenated alkanes) is 1. The average molecular weight is 178 g/mol. The molecule has 0 aromatic rings. The van der Waals surface area contributed by atoms with Crippen molar-refractivity contribution in [2.24, 2.45) is 0 Å². The van der Waals surface area contributed by atoms with Crippen LogP contribution in [0.4, 0.5) is 0 Å². The third-order valence-corrected chi connectivity index (χ3v) is 1.24. The fourth-order valence-corrected chi connectivity index (χ4v) is 0.583. The summed E-state index contributed by atoms with van der Waals surface area (Å²) in [6.45, 7) is 2.11. The van der Waals surface area contributed by atoms with Gasteiger partial charge in [-0.1, -0.05) is 31.3 Å². The Morgan fingerprint density at radius 1 is 1.38 bits per heavy atom.